The lowest BCUT2D eigenvalue weighted by molar-refractivity contribution is -0.129. The predicted octanol–water partition coefficient (Wildman–Crippen LogP) is 18.5. The van der Waals surface area contributed by atoms with Crippen LogP contribution in [0, 0.1) is 119 Å². The Labute approximate surface area is 799 Å². The number of aromatic nitrogens is 9. The van der Waals surface area contributed by atoms with Gasteiger partial charge in [0.1, 0.15) is 67.6 Å². The summed E-state index contributed by atoms with van der Waals surface area (Å²) < 4.78 is 165. The van der Waals surface area contributed by atoms with Crippen LogP contribution in [0.2, 0.25) is 25.1 Å². The van der Waals surface area contributed by atoms with E-state index < -0.39 is 146 Å². The molecule has 3 amide bonds. The van der Waals surface area contributed by atoms with E-state index in [2.05, 4.69) is 55.7 Å². The van der Waals surface area contributed by atoms with Crippen molar-refractivity contribution in [2.45, 2.75) is 106 Å². The van der Waals surface area contributed by atoms with Gasteiger partial charge in [0.15, 0.2) is 58.2 Å². The maximum atomic E-state index is 15.5. The van der Waals surface area contributed by atoms with Crippen LogP contribution in [0.4, 0.5) is 76.7 Å². The number of nitrogens with zero attached hydrogens (tertiary/aromatic N) is 18. The van der Waals surface area contributed by atoms with Crippen LogP contribution in [-0.2, 0) is 14.4 Å². The first-order valence-electron chi connectivity index (χ1n) is 42.1. The molecule has 3 fully saturated rings. The number of nitriles is 3. The number of carbonyl (C=O) groups is 3. The van der Waals surface area contributed by atoms with Gasteiger partial charge in [-0.2, -0.15) is 15.8 Å². The Balaban J connectivity index is 0.000000174. The number of rotatable bonds is 15. The molecule has 0 spiro atoms. The van der Waals surface area contributed by atoms with Gasteiger partial charge in [0, 0.05) is 112 Å². The first-order valence-corrected chi connectivity index (χ1v) is 43.9. The van der Waals surface area contributed by atoms with Crippen molar-refractivity contribution < 1.29 is 62.7 Å². The quantitative estimate of drug-likeness (QED) is 0.0316. The van der Waals surface area contributed by atoms with Crippen LogP contribution in [0.3, 0.4) is 0 Å². The predicted molar refractivity (Wildman–Crippen MR) is 502 cm³/mol. The molecule has 9 aromatic heterocycles. The molecule has 0 saturated carbocycles. The third-order valence-corrected chi connectivity index (χ3v) is 25.3. The number of hydrogen-bond donors (Lipinski definition) is 2. The standard InChI is InChI=1S/C32H26ClF5N6O2.C32H28ClF4N7O2.C31H26Cl3F2N7O2/c1-6-20(45)43-10-9-42(13-16(43)5)30-17-11-19(33)28(21-22(34)24(36)26(38)25(37)23(21)35)41-31(17)44(32(46)18(30)12-39)29-15(4)7-8-40-27(29)14(2)3;1-6-20(45)43-10-9-42(13-16(43)5)30-17-11-19(33)28(21-22(34)24(36)25(37)26(39)23(21)35)41-31(17)44(32(46)18(30)12-38)29-15(4)7-8-40-27(29)14(2)3;1-5-19(44)41-8-10-42(11-9-41)29-16-12-18(32)27(20-23(35)21(33)24(36)22(34)25(20)38)40-30(16)43(31(45)17(29)13-37)28-15(4)6-7-39-26(28)14(2)3/h6-8,11,14,16H,1,9-10,13H2,2-5H3;6-8,11,14,16H,1,9-10,13,39H2,2-5H3;5-7,12,14H,1,8-11,38H2,2-4H3/t2*16-;/m11./s1. The molecule has 12 heterocycles. The van der Waals surface area contributed by atoms with E-state index in [1.54, 1.807) is 94.6 Å². The van der Waals surface area contributed by atoms with Gasteiger partial charge < -0.3 is 40.9 Å². The molecule has 708 valence electrons. The van der Waals surface area contributed by atoms with Crippen LogP contribution >= 0.6 is 58.0 Å². The highest BCUT2D eigenvalue weighted by Gasteiger charge is 2.40. The van der Waals surface area contributed by atoms with E-state index in [0.717, 1.165) is 9.13 Å². The summed E-state index contributed by atoms with van der Waals surface area (Å²) in [6.07, 6.45) is 8.28. The number of pyridine rings is 9. The normalized spacial score (nSPS) is 14.5. The first-order chi connectivity index (χ1) is 64.8. The van der Waals surface area contributed by atoms with Crippen molar-refractivity contribution in [1.29, 1.82) is 15.8 Å². The Hall–Kier alpha value is -14.0. The Bertz CT molecular complexity index is 7140. The molecular formula is C95H80Cl5F11N20O6. The number of carbonyl (C=O) groups excluding carboxylic acids is 3. The minimum absolute atomic E-state index is 0.00590. The monoisotopic (exact) mass is 1980 g/mol. The summed E-state index contributed by atoms with van der Waals surface area (Å²) in [5, 5.41) is 29.1. The van der Waals surface area contributed by atoms with Crippen LogP contribution in [0.5, 0.6) is 0 Å². The molecule has 42 heteroatoms. The third-order valence-electron chi connectivity index (χ3n) is 23.7. The first kappa shape index (κ1) is 100. The fourth-order valence-corrected chi connectivity index (χ4v) is 18.3. The molecule has 0 bridgehead atoms. The van der Waals surface area contributed by atoms with E-state index in [1.807, 2.05) is 53.7 Å². The van der Waals surface area contributed by atoms with E-state index >= 15 is 22.0 Å². The molecule has 3 aromatic carbocycles. The van der Waals surface area contributed by atoms with E-state index in [4.69, 9.17) is 69.5 Å². The summed E-state index contributed by atoms with van der Waals surface area (Å²) in [5.41, 5.74) is 5.95. The molecule has 3 aliphatic rings. The van der Waals surface area contributed by atoms with E-state index in [-0.39, 0.29) is 177 Å². The van der Waals surface area contributed by atoms with Crippen molar-refractivity contribution in [2.24, 2.45) is 0 Å². The molecule has 4 N–H and O–H groups in total. The van der Waals surface area contributed by atoms with Crippen molar-refractivity contribution in [3.05, 3.63) is 264 Å². The number of fused-ring (bicyclic) bond motifs is 3. The lowest BCUT2D eigenvalue weighted by Gasteiger charge is -2.41. The van der Waals surface area contributed by atoms with Crippen LogP contribution in [0.1, 0.15) is 124 Å². The molecule has 12 aromatic rings. The van der Waals surface area contributed by atoms with Crippen molar-refractivity contribution in [3.8, 4) is 69.0 Å². The second-order valence-electron chi connectivity index (χ2n) is 33.2. The minimum Gasteiger partial charge on any atom is -0.397 e. The number of piperazine rings is 3. The fourth-order valence-electron chi connectivity index (χ4n) is 17.1. The van der Waals surface area contributed by atoms with Crippen LogP contribution in [0.15, 0.2) is 107 Å². The Kier molecular flexibility index (Phi) is 29.1. The van der Waals surface area contributed by atoms with Gasteiger partial charge in [-0.3, -0.25) is 57.4 Å². The number of aryl methyl sites for hydroxylation is 3. The van der Waals surface area contributed by atoms with Gasteiger partial charge in [-0.1, -0.05) is 119 Å². The summed E-state index contributed by atoms with van der Waals surface area (Å²) >= 11 is 31.8. The second kappa shape index (κ2) is 39.7. The summed E-state index contributed by atoms with van der Waals surface area (Å²) in [6, 6.07) is 14.1. The molecule has 3 aliphatic heterocycles. The van der Waals surface area contributed by atoms with Crippen molar-refractivity contribution in [2.75, 3.05) is 91.6 Å². The van der Waals surface area contributed by atoms with Gasteiger partial charge in [0.2, 0.25) is 23.5 Å². The average Bonchev–Trinajstić information content (AvgIpc) is 0.726. The molecular weight excluding hydrogens is 1900 g/mol. The van der Waals surface area contributed by atoms with Gasteiger partial charge in [-0.25, -0.2) is 63.2 Å². The number of nitrogen functional groups attached to an aromatic ring is 2. The van der Waals surface area contributed by atoms with Crippen LogP contribution < -0.4 is 42.8 Å². The molecule has 137 heavy (non-hydrogen) atoms. The topological polar surface area (TPSA) is 337 Å². The maximum Gasteiger partial charge on any atom is 0.276 e. The summed E-state index contributed by atoms with van der Waals surface area (Å²) in [7, 11) is 0. The Morgan fingerprint density at radius 2 is 0.715 bits per heavy atom. The fraction of sp³-hybridized carbons (Fsp3) is 0.274. The smallest absolute Gasteiger partial charge is 0.276 e. The van der Waals surface area contributed by atoms with Gasteiger partial charge in [-0.15, -0.1) is 0 Å². The summed E-state index contributed by atoms with van der Waals surface area (Å²) in [5.74, 6) is -22.5. The van der Waals surface area contributed by atoms with E-state index in [9.17, 15) is 70.9 Å². The zero-order valence-electron chi connectivity index (χ0n) is 74.7. The number of hydrogen-bond acceptors (Lipinski definition) is 20. The highest BCUT2D eigenvalue weighted by molar-refractivity contribution is 6.39. The molecule has 15 rings (SSSR count). The van der Waals surface area contributed by atoms with Gasteiger partial charge in [0.25, 0.3) is 16.7 Å². The van der Waals surface area contributed by atoms with Crippen molar-refractivity contribution in [1.82, 2.24) is 58.3 Å². The van der Waals surface area contributed by atoms with Crippen molar-refractivity contribution >= 4 is 137 Å². The number of amides is 3. The van der Waals surface area contributed by atoms with Crippen molar-refractivity contribution in [3.63, 3.8) is 0 Å². The van der Waals surface area contributed by atoms with Gasteiger partial charge >= 0.3 is 0 Å². The number of nitrogens with two attached hydrogens (primary N) is 2. The Morgan fingerprint density at radius 1 is 0.409 bits per heavy atom. The summed E-state index contributed by atoms with van der Waals surface area (Å²) in [6.45, 7) is 32.7. The van der Waals surface area contributed by atoms with Crippen LogP contribution in [-0.4, -0.2) is 154 Å². The third kappa shape index (κ3) is 17.6. The number of halogens is 16. The number of anilines is 5. The highest BCUT2D eigenvalue weighted by Crippen LogP contribution is 2.48. The van der Waals surface area contributed by atoms with Gasteiger partial charge in [0.05, 0.1) is 106 Å². The summed E-state index contributed by atoms with van der Waals surface area (Å²) in [4.78, 5) is 117. The lowest BCUT2D eigenvalue weighted by Crippen LogP contribution is -2.54. The zero-order chi connectivity index (χ0) is 100. The SMILES string of the molecule is C=CC(=O)N1CCN(c2c(C#N)c(=O)n(-c3c(C)ccnc3C(C)C)c3nc(-c4c(F)c(F)c(F)c(F)c4F)c(Cl)cc23)C[C@H]1C.C=CC(=O)N1CCN(c2c(C#N)c(=O)n(-c3c(C)ccnc3C(C)C)c3nc(-c4c(F)c(N)c(F)c(F)c4F)c(Cl)cc23)C[C@H]1C.C=CC(=O)N1CCN(c2c(C#N)c(=O)n(-c3c(C)ccnc3C(C)C)c3nc(-c4c(N)c(Cl)c(F)c(Cl)c4F)c(Cl)cc23)CC1. The molecule has 2 atom stereocenters. The zero-order valence-corrected chi connectivity index (χ0v) is 78.5. The Morgan fingerprint density at radius 3 is 1.04 bits per heavy atom. The van der Waals surface area contributed by atoms with Gasteiger partial charge in [-0.05, 0) is 124 Å². The minimum atomic E-state index is -2.36. The van der Waals surface area contributed by atoms with E-state index in [0.29, 0.717) is 57.9 Å². The molecule has 0 radical (unpaired) electrons. The maximum absolute atomic E-state index is 15.5. The average molecular weight is 1980 g/mol. The number of benzene rings is 3. The van der Waals surface area contributed by atoms with E-state index in [1.165, 1.54) is 47.2 Å². The van der Waals surface area contributed by atoms with Crippen LogP contribution in [0.25, 0.3) is 83.9 Å². The second-order valence-corrected chi connectivity index (χ2v) is 35.1. The molecule has 0 aliphatic carbocycles. The largest absolute Gasteiger partial charge is 0.397 e. The molecule has 3 saturated heterocycles. The molecule has 26 nitrogen and oxygen atoms in total. The lowest BCUT2D eigenvalue weighted by atomic mass is 10.0. The molecule has 0 unspecified atom stereocenters. The highest BCUT2D eigenvalue weighted by atomic mass is 35.5.